The van der Waals surface area contributed by atoms with Crippen LogP contribution in [0.4, 0.5) is 5.82 Å². The van der Waals surface area contributed by atoms with E-state index in [0.717, 1.165) is 11.8 Å². The Morgan fingerprint density at radius 2 is 1.89 bits per heavy atom. The number of hydrogen-bond donors (Lipinski definition) is 0. The van der Waals surface area contributed by atoms with Crippen LogP contribution in [0.15, 0.2) is 28.4 Å². The first kappa shape index (κ1) is 14.5. The standard InChI is InChI=1S/C10H6Cl3N3O2S/c1-15-4-14-9(16(17)18)10(15)19-8-3-6(12)5(11)2-7(8)13/h2-4H,1H3. The Morgan fingerprint density at radius 3 is 2.53 bits per heavy atom. The van der Waals surface area contributed by atoms with E-state index < -0.39 is 4.92 Å². The second kappa shape index (κ2) is 5.58. The number of rotatable bonds is 3. The Bertz CT molecular complexity index is 660. The summed E-state index contributed by atoms with van der Waals surface area (Å²) in [5.74, 6) is -0.227. The average molecular weight is 339 g/mol. The fraction of sp³-hybridized carbons (Fsp3) is 0.100. The van der Waals surface area contributed by atoms with Crippen LogP contribution in [0.1, 0.15) is 0 Å². The molecule has 1 aromatic heterocycles. The molecule has 0 fully saturated rings. The summed E-state index contributed by atoms with van der Waals surface area (Å²) in [5, 5.41) is 12.3. The van der Waals surface area contributed by atoms with E-state index in [1.165, 1.54) is 12.4 Å². The van der Waals surface area contributed by atoms with Gasteiger partial charge in [0.25, 0.3) is 0 Å². The number of aromatic nitrogens is 2. The third-order valence-electron chi connectivity index (χ3n) is 2.22. The molecule has 0 bridgehead atoms. The van der Waals surface area contributed by atoms with E-state index in [2.05, 4.69) is 4.98 Å². The maximum absolute atomic E-state index is 10.9. The van der Waals surface area contributed by atoms with Crippen LogP contribution in [0.25, 0.3) is 0 Å². The number of halogens is 3. The lowest BCUT2D eigenvalue weighted by Gasteiger charge is -2.06. The lowest BCUT2D eigenvalue weighted by Crippen LogP contribution is -1.93. The summed E-state index contributed by atoms with van der Waals surface area (Å²) in [6.07, 6.45) is 1.37. The number of imidazole rings is 1. The third-order valence-corrected chi connectivity index (χ3v) is 4.59. The molecule has 5 nitrogen and oxygen atoms in total. The second-order valence-corrected chi connectivity index (χ2v) is 5.79. The molecular formula is C10H6Cl3N3O2S. The minimum atomic E-state index is -0.548. The van der Waals surface area contributed by atoms with Gasteiger partial charge in [-0.2, -0.15) is 0 Å². The molecule has 0 N–H and O–H groups in total. The summed E-state index contributed by atoms with van der Waals surface area (Å²) >= 11 is 18.9. The minimum Gasteiger partial charge on any atom is -0.358 e. The fourth-order valence-electron chi connectivity index (χ4n) is 1.34. The average Bonchev–Trinajstić information content (AvgIpc) is 2.68. The molecule has 19 heavy (non-hydrogen) atoms. The molecule has 9 heteroatoms. The van der Waals surface area contributed by atoms with Crippen molar-refractivity contribution in [2.24, 2.45) is 7.05 Å². The van der Waals surface area contributed by atoms with Gasteiger partial charge in [-0.25, -0.2) is 0 Å². The topological polar surface area (TPSA) is 61.0 Å². The van der Waals surface area contributed by atoms with E-state index in [1.807, 2.05) is 0 Å². The SMILES string of the molecule is Cn1cnc([N+](=O)[O-])c1Sc1cc(Cl)c(Cl)cc1Cl. The van der Waals surface area contributed by atoms with Crippen molar-refractivity contribution in [3.63, 3.8) is 0 Å². The van der Waals surface area contributed by atoms with Gasteiger partial charge in [-0.05, 0) is 22.0 Å². The predicted molar refractivity (Wildman–Crippen MR) is 75.5 cm³/mol. The molecule has 2 rings (SSSR count). The Balaban J connectivity index is 2.44. The van der Waals surface area contributed by atoms with Crippen LogP contribution in [0.2, 0.25) is 15.1 Å². The van der Waals surface area contributed by atoms with Crippen LogP contribution in [-0.4, -0.2) is 14.5 Å². The van der Waals surface area contributed by atoms with E-state index in [4.69, 9.17) is 34.8 Å². The van der Waals surface area contributed by atoms with Gasteiger partial charge in [0.05, 0.1) is 15.1 Å². The fourth-order valence-corrected chi connectivity index (χ4v) is 3.01. The Labute approximate surface area is 127 Å². The molecule has 1 aromatic carbocycles. The molecule has 0 saturated carbocycles. The smallest absolute Gasteiger partial charge is 0.358 e. The van der Waals surface area contributed by atoms with Crippen molar-refractivity contribution >= 4 is 52.4 Å². The number of nitrogens with zero attached hydrogens (tertiary/aromatic N) is 3. The molecule has 0 aliphatic carbocycles. The molecule has 0 spiro atoms. The van der Waals surface area contributed by atoms with Crippen LogP contribution >= 0.6 is 46.6 Å². The molecule has 0 radical (unpaired) electrons. The molecule has 0 saturated heterocycles. The molecule has 100 valence electrons. The van der Waals surface area contributed by atoms with Crippen LogP contribution in [0.3, 0.4) is 0 Å². The maximum atomic E-state index is 10.9. The van der Waals surface area contributed by atoms with Crippen LogP contribution in [0, 0.1) is 10.1 Å². The molecule has 2 aromatic rings. The zero-order valence-corrected chi connectivity index (χ0v) is 12.5. The van der Waals surface area contributed by atoms with Crippen LogP contribution in [-0.2, 0) is 7.05 Å². The van der Waals surface area contributed by atoms with Crippen molar-refractivity contribution < 1.29 is 4.92 Å². The summed E-state index contributed by atoms with van der Waals surface area (Å²) in [6.45, 7) is 0. The van der Waals surface area contributed by atoms with E-state index in [1.54, 1.807) is 17.7 Å². The van der Waals surface area contributed by atoms with Crippen molar-refractivity contribution in [1.82, 2.24) is 9.55 Å². The summed E-state index contributed by atoms with van der Waals surface area (Å²) in [5.41, 5.74) is 0. The van der Waals surface area contributed by atoms with Crippen molar-refractivity contribution in [3.05, 3.63) is 43.6 Å². The number of benzene rings is 1. The number of aryl methyl sites for hydroxylation is 1. The highest BCUT2D eigenvalue weighted by Gasteiger charge is 2.22. The third kappa shape index (κ3) is 2.97. The monoisotopic (exact) mass is 337 g/mol. The summed E-state index contributed by atoms with van der Waals surface area (Å²) in [4.78, 5) is 14.6. The summed E-state index contributed by atoms with van der Waals surface area (Å²) < 4.78 is 1.54. The highest BCUT2D eigenvalue weighted by molar-refractivity contribution is 7.99. The Morgan fingerprint density at radius 1 is 1.26 bits per heavy atom. The largest absolute Gasteiger partial charge is 0.396 e. The Kier molecular flexibility index (Phi) is 4.25. The molecule has 0 atom stereocenters. The Hall–Kier alpha value is -0.950. The van der Waals surface area contributed by atoms with Crippen molar-refractivity contribution in [2.75, 3.05) is 0 Å². The van der Waals surface area contributed by atoms with Gasteiger partial charge < -0.3 is 14.7 Å². The van der Waals surface area contributed by atoms with Gasteiger partial charge in [0.1, 0.15) is 0 Å². The molecular weight excluding hydrogens is 333 g/mol. The highest BCUT2D eigenvalue weighted by atomic mass is 35.5. The predicted octanol–water partition coefficient (Wildman–Crippen LogP) is 4.44. The van der Waals surface area contributed by atoms with E-state index >= 15 is 0 Å². The zero-order valence-electron chi connectivity index (χ0n) is 9.43. The summed E-state index contributed by atoms with van der Waals surface area (Å²) in [6, 6.07) is 3.06. The second-order valence-electron chi connectivity index (χ2n) is 3.54. The summed E-state index contributed by atoms with van der Waals surface area (Å²) in [7, 11) is 1.66. The quantitative estimate of drug-likeness (QED) is 0.471. The maximum Gasteiger partial charge on any atom is 0.396 e. The van der Waals surface area contributed by atoms with E-state index in [-0.39, 0.29) is 5.82 Å². The van der Waals surface area contributed by atoms with Crippen LogP contribution < -0.4 is 0 Å². The van der Waals surface area contributed by atoms with Crippen molar-refractivity contribution in [3.8, 4) is 0 Å². The van der Waals surface area contributed by atoms with E-state index in [0.29, 0.717) is 25.0 Å². The van der Waals surface area contributed by atoms with Gasteiger partial charge in [-0.1, -0.05) is 46.6 Å². The van der Waals surface area contributed by atoms with Gasteiger partial charge >= 0.3 is 5.82 Å². The van der Waals surface area contributed by atoms with Gasteiger partial charge in [0.15, 0.2) is 5.03 Å². The minimum absolute atomic E-state index is 0.227. The van der Waals surface area contributed by atoms with E-state index in [9.17, 15) is 10.1 Å². The normalized spacial score (nSPS) is 10.7. The highest BCUT2D eigenvalue weighted by Crippen LogP contribution is 2.40. The molecule has 0 amide bonds. The van der Waals surface area contributed by atoms with Crippen LogP contribution in [0.5, 0.6) is 0 Å². The molecule has 0 aliphatic rings. The van der Waals surface area contributed by atoms with Crippen molar-refractivity contribution in [1.29, 1.82) is 0 Å². The molecule has 1 heterocycles. The lowest BCUT2D eigenvalue weighted by molar-refractivity contribution is -0.392. The van der Waals surface area contributed by atoms with Gasteiger partial charge in [0.2, 0.25) is 6.33 Å². The number of hydrogen-bond acceptors (Lipinski definition) is 4. The molecule has 0 unspecified atom stereocenters. The first-order valence-corrected chi connectivity index (χ1v) is 6.83. The first-order valence-electron chi connectivity index (χ1n) is 4.88. The number of nitro groups is 1. The van der Waals surface area contributed by atoms with Gasteiger partial charge in [0, 0.05) is 11.9 Å². The zero-order chi connectivity index (χ0) is 14.2. The van der Waals surface area contributed by atoms with Gasteiger partial charge in [-0.15, -0.1) is 0 Å². The van der Waals surface area contributed by atoms with Crippen molar-refractivity contribution in [2.45, 2.75) is 9.92 Å². The van der Waals surface area contributed by atoms with Gasteiger partial charge in [-0.3, -0.25) is 0 Å². The first-order chi connectivity index (χ1) is 8.90. The molecule has 0 aliphatic heterocycles. The lowest BCUT2D eigenvalue weighted by atomic mass is 10.4.